The second-order valence-corrected chi connectivity index (χ2v) is 21.2. The summed E-state index contributed by atoms with van der Waals surface area (Å²) in [7, 11) is 7.92. The second-order valence-electron chi connectivity index (χ2n) is 21.2. The number of hydrogen-bond acceptors (Lipinski definition) is 10. The van der Waals surface area contributed by atoms with E-state index in [1.807, 2.05) is 81.9 Å². The fourth-order valence-corrected chi connectivity index (χ4v) is 9.73. The molecule has 1 aromatic carbocycles. The minimum atomic E-state index is -0.446. The van der Waals surface area contributed by atoms with Gasteiger partial charge in [-0.3, -0.25) is 38.4 Å². The quantitative estimate of drug-likeness (QED) is 0.0757. The Morgan fingerprint density at radius 2 is 0.538 bits per heavy atom. The topological polar surface area (TPSA) is 239 Å². The number of rotatable bonds is 22. The van der Waals surface area contributed by atoms with Crippen molar-refractivity contribution in [2.24, 2.45) is 35.5 Å². The highest BCUT2D eigenvalue weighted by Crippen LogP contribution is 2.30. The molecule has 410 valence electrons. The van der Waals surface area contributed by atoms with Gasteiger partial charge in [-0.2, -0.15) is 0 Å². The van der Waals surface area contributed by atoms with Crippen molar-refractivity contribution in [3.63, 3.8) is 0 Å². The molecule has 7 rings (SSSR count). The third kappa shape index (κ3) is 14.6. The Balaban J connectivity index is 0.855. The van der Waals surface area contributed by atoms with Crippen molar-refractivity contribution in [2.75, 3.05) is 54.4 Å². The lowest BCUT2D eigenvalue weighted by molar-refractivity contribution is -0.118. The van der Waals surface area contributed by atoms with Crippen molar-refractivity contribution < 1.29 is 38.4 Å². The zero-order valence-electron chi connectivity index (χ0n) is 46.1. The number of benzene rings is 1. The molecule has 6 unspecified atom stereocenters. The van der Waals surface area contributed by atoms with E-state index >= 15 is 0 Å². The van der Waals surface area contributed by atoms with E-state index in [1.165, 1.54) is 24.3 Å². The highest BCUT2D eigenvalue weighted by Gasteiger charge is 2.31. The summed E-state index contributed by atoms with van der Waals surface area (Å²) < 4.78 is 0. The van der Waals surface area contributed by atoms with E-state index in [1.54, 1.807) is 60.8 Å². The van der Waals surface area contributed by atoms with Crippen LogP contribution in [-0.2, 0) is 28.8 Å². The maximum Gasteiger partial charge on any atom is 0.255 e. The van der Waals surface area contributed by atoms with Gasteiger partial charge in [-0.15, -0.1) is 0 Å². The largest absolute Gasteiger partial charge is 0.352 e. The molecule has 0 heterocycles. The van der Waals surface area contributed by atoms with Crippen LogP contribution in [0.5, 0.6) is 0 Å². The molecule has 1 aromatic rings. The molecule has 8 amide bonds. The van der Waals surface area contributed by atoms with Gasteiger partial charge in [0.15, 0.2) is 0 Å². The molecule has 0 aliphatic heterocycles. The number of carbonyl (C=O) groups is 8. The molecular weight excluding hydrogens is 989 g/mol. The minimum absolute atomic E-state index is 0.164. The zero-order valence-corrected chi connectivity index (χ0v) is 46.1. The van der Waals surface area contributed by atoms with Crippen molar-refractivity contribution in [1.82, 2.24) is 52.3 Å². The van der Waals surface area contributed by atoms with Crippen molar-refractivity contribution in [3.8, 4) is 0 Å². The number of nitrogens with one attached hydrogen (secondary N) is 8. The Kier molecular flexibility index (Phi) is 18.6. The normalized spacial score (nSPS) is 22.1. The van der Waals surface area contributed by atoms with Gasteiger partial charge in [0.2, 0.25) is 11.8 Å². The smallest absolute Gasteiger partial charge is 0.255 e. The predicted molar refractivity (Wildman–Crippen MR) is 298 cm³/mol. The summed E-state index contributed by atoms with van der Waals surface area (Å²) in [5.41, 5.74) is 6.32. The summed E-state index contributed by atoms with van der Waals surface area (Å²) >= 11 is 0. The van der Waals surface area contributed by atoms with Crippen LogP contribution in [-0.4, -0.2) is 111 Å². The molecule has 6 atom stereocenters. The average molecular weight is 1060 g/mol. The van der Waals surface area contributed by atoms with Crippen LogP contribution < -0.4 is 42.5 Å². The number of amides is 8. The first-order valence-electron chi connectivity index (χ1n) is 26.5. The van der Waals surface area contributed by atoms with Crippen LogP contribution in [0.3, 0.4) is 0 Å². The molecule has 0 saturated heterocycles. The van der Waals surface area contributed by atoms with Gasteiger partial charge in [0, 0.05) is 127 Å². The van der Waals surface area contributed by atoms with Gasteiger partial charge in [-0.05, 0) is 115 Å². The van der Waals surface area contributed by atoms with E-state index < -0.39 is 11.8 Å². The van der Waals surface area contributed by atoms with E-state index in [0.29, 0.717) is 80.7 Å². The Labute approximate surface area is 456 Å². The summed E-state index contributed by atoms with van der Waals surface area (Å²) in [6.45, 7) is 14.0. The molecule has 0 bridgehead atoms. The van der Waals surface area contributed by atoms with Crippen molar-refractivity contribution >= 4 is 47.3 Å². The fraction of sp³-hybridized carbons (Fsp3) is 0.367. The number of hydrogen-bond donors (Lipinski definition) is 8. The molecule has 0 radical (unpaired) electrons. The third-order valence-corrected chi connectivity index (χ3v) is 14.1. The number of nitrogens with zero attached hydrogens (tertiary/aromatic N) is 2. The zero-order chi connectivity index (χ0) is 56.5. The molecule has 0 saturated carbocycles. The van der Waals surface area contributed by atoms with Crippen LogP contribution in [0.25, 0.3) is 0 Å². The van der Waals surface area contributed by atoms with Gasteiger partial charge >= 0.3 is 0 Å². The van der Waals surface area contributed by atoms with Crippen molar-refractivity contribution in [3.05, 3.63) is 176 Å². The van der Waals surface area contributed by atoms with E-state index in [2.05, 4.69) is 52.3 Å². The molecule has 18 heteroatoms. The van der Waals surface area contributed by atoms with Gasteiger partial charge in [0.1, 0.15) is 0 Å². The first-order valence-corrected chi connectivity index (χ1v) is 26.5. The van der Waals surface area contributed by atoms with Gasteiger partial charge in [-0.25, -0.2) is 0 Å². The Bertz CT molecular complexity index is 2860. The lowest BCUT2D eigenvalue weighted by atomic mass is 10.0. The molecule has 0 spiro atoms. The molecule has 6 aliphatic rings. The highest BCUT2D eigenvalue weighted by molar-refractivity contribution is 6.04. The van der Waals surface area contributed by atoms with Crippen molar-refractivity contribution in [1.29, 1.82) is 0 Å². The monoisotopic (exact) mass is 1060 g/mol. The second kappa shape index (κ2) is 25.3. The van der Waals surface area contributed by atoms with Gasteiger partial charge in [0.05, 0.1) is 0 Å². The van der Waals surface area contributed by atoms with Gasteiger partial charge < -0.3 is 52.3 Å². The summed E-state index contributed by atoms with van der Waals surface area (Å²) in [5.74, 6) is -4.24. The maximum atomic E-state index is 13.5. The highest BCUT2D eigenvalue weighted by atomic mass is 16.2. The van der Waals surface area contributed by atoms with Gasteiger partial charge in [-0.1, -0.05) is 78.0 Å². The predicted octanol–water partition coefficient (Wildman–Crippen LogP) is 4.51. The standard InChI is InChI=1S/C60H72N10O8/c1-33-21-43(27-47(33)55(73)61-17-11-19-69(7)8)65-59(77)51-31-45(25-37(51)5)67-57(75)49-29-41(23-35(49)3)63-53(71)39-13-15-40(16-14-39)54(72)64-42-24-36(4)50(30-42)58(76)68-46-26-38(6)52(32-46)60(78)66-44-22-34(2)48(28-44)56(74)62-18-12-20-70(9)10/h13-16,21-38H,11-12,17-20H2,1-10H3,(H,61,73)(H,62,74)(H,63,71)(H,64,72)(H,65,77)(H,66,78)(H,67,75)(H,68,76). The van der Waals surface area contributed by atoms with Crippen molar-refractivity contribution in [2.45, 2.75) is 54.4 Å². The lowest BCUT2D eigenvalue weighted by Gasteiger charge is -2.11. The molecular formula is C60H72N10O8. The molecule has 6 aliphatic carbocycles. The van der Waals surface area contributed by atoms with E-state index in [4.69, 9.17) is 0 Å². The number of allylic oxidation sites excluding steroid dienone is 12. The Morgan fingerprint density at radius 3 is 0.756 bits per heavy atom. The van der Waals surface area contributed by atoms with Crippen LogP contribution in [0.1, 0.15) is 75.1 Å². The van der Waals surface area contributed by atoms with E-state index in [9.17, 15) is 38.4 Å². The van der Waals surface area contributed by atoms with Crippen LogP contribution in [0.4, 0.5) is 0 Å². The first kappa shape index (κ1) is 57.5. The van der Waals surface area contributed by atoms with E-state index in [0.717, 1.165) is 25.9 Å². The van der Waals surface area contributed by atoms with E-state index in [-0.39, 0.29) is 82.1 Å². The van der Waals surface area contributed by atoms with Crippen LogP contribution in [0.15, 0.2) is 165 Å². The Morgan fingerprint density at radius 1 is 0.333 bits per heavy atom. The molecule has 8 N–H and O–H groups in total. The lowest BCUT2D eigenvalue weighted by Crippen LogP contribution is -2.29. The summed E-state index contributed by atoms with van der Waals surface area (Å²) in [4.78, 5) is 110. The summed E-state index contributed by atoms with van der Waals surface area (Å²) in [6, 6.07) is 6.07. The summed E-state index contributed by atoms with van der Waals surface area (Å²) in [5, 5.41) is 23.2. The fourth-order valence-electron chi connectivity index (χ4n) is 9.73. The van der Waals surface area contributed by atoms with Crippen LogP contribution >= 0.6 is 0 Å². The average Bonchev–Trinajstić information content (AvgIpc) is 4.26. The Hall–Kier alpha value is -8.22. The number of carbonyl (C=O) groups excluding carboxylic acids is 8. The molecule has 78 heavy (non-hydrogen) atoms. The van der Waals surface area contributed by atoms with Gasteiger partial charge in [0.25, 0.3) is 35.4 Å². The third-order valence-electron chi connectivity index (χ3n) is 14.1. The SMILES string of the molecule is CC1C=C(NC(=O)C2=CC(NC(=O)C3=CC(NC(=O)c4ccc(C(=O)NC5=CC(C)C(C(=O)NC6=CC(C)C(C(=O)NC7=CC(C)C(C(=O)NCCCN(C)C)=C7)=C6)=C5)cc4)=CC3C)=CC2C)C=C1C(=O)NCCCN(C)C. The maximum absolute atomic E-state index is 13.5. The van der Waals surface area contributed by atoms with Crippen LogP contribution in [0, 0.1) is 35.5 Å². The molecule has 0 aromatic heterocycles. The minimum Gasteiger partial charge on any atom is -0.352 e. The molecule has 0 fully saturated rings. The first-order chi connectivity index (χ1) is 37.0. The van der Waals surface area contributed by atoms with Crippen LogP contribution in [0.2, 0.25) is 0 Å². The summed E-state index contributed by atoms with van der Waals surface area (Å²) in [6.07, 6.45) is 22.3. The molecule has 18 nitrogen and oxygen atoms in total.